The van der Waals surface area contributed by atoms with E-state index in [-0.39, 0.29) is 42.2 Å². The van der Waals surface area contributed by atoms with E-state index >= 15 is 0 Å². The number of carbonyl (C=O) groups excluding carboxylic acids is 2. The Hall–Kier alpha value is -3.28. The summed E-state index contributed by atoms with van der Waals surface area (Å²) in [5.74, 6) is -0.221. The Morgan fingerprint density at radius 2 is 1.85 bits per heavy atom. The fourth-order valence-corrected chi connectivity index (χ4v) is 5.39. The summed E-state index contributed by atoms with van der Waals surface area (Å²) in [7, 11) is 1.58. The second kappa shape index (κ2) is 11.1. The molecule has 13 heteroatoms. The van der Waals surface area contributed by atoms with Gasteiger partial charge >= 0.3 is 12.2 Å². The molecule has 2 aliphatic heterocycles. The number of urea groups is 1. The smallest absolute Gasteiger partial charge is 0.353 e. The molecule has 39 heavy (non-hydrogen) atoms. The SMILES string of the molecule is CNC(=O)N1CCC(n2c(NC(C)C)nc3c(c2=O)C[C@@H](C)N(C(=O)c2ccc(Cl)c(C(F)(F)F)c2)C3)CC1. The van der Waals surface area contributed by atoms with Gasteiger partial charge in [-0.2, -0.15) is 13.2 Å². The molecule has 212 valence electrons. The lowest BCUT2D eigenvalue weighted by Crippen LogP contribution is -2.48. The number of hydrogen-bond donors (Lipinski definition) is 2. The summed E-state index contributed by atoms with van der Waals surface area (Å²) in [5, 5.41) is 5.38. The third-order valence-corrected chi connectivity index (χ3v) is 7.50. The molecule has 0 saturated carbocycles. The molecule has 0 spiro atoms. The van der Waals surface area contributed by atoms with Crippen molar-refractivity contribution in [1.29, 1.82) is 0 Å². The van der Waals surface area contributed by atoms with Crippen molar-refractivity contribution in [3.8, 4) is 0 Å². The molecule has 1 saturated heterocycles. The molecule has 1 fully saturated rings. The molecule has 0 unspecified atom stereocenters. The van der Waals surface area contributed by atoms with Gasteiger partial charge in [0.25, 0.3) is 11.5 Å². The summed E-state index contributed by atoms with van der Waals surface area (Å²) < 4.78 is 41.8. The number of halogens is 4. The van der Waals surface area contributed by atoms with Gasteiger partial charge in [0.05, 0.1) is 22.8 Å². The van der Waals surface area contributed by atoms with Gasteiger partial charge in [-0.05, 0) is 58.2 Å². The van der Waals surface area contributed by atoms with Gasteiger partial charge in [-0.25, -0.2) is 9.78 Å². The average Bonchev–Trinajstić information content (AvgIpc) is 2.87. The zero-order valence-corrected chi connectivity index (χ0v) is 23.0. The summed E-state index contributed by atoms with van der Waals surface area (Å²) >= 11 is 5.73. The Morgan fingerprint density at radius 3 is 2.44 bits per heavy atom. The number of likely N-dealkylation sites (tertiary alicyclic amines) is 1. The maximum absolute atomic E-state index is 13.8. The van der Waals surface area contributed by atoms with Gasteiger partial charge in [0.1, 0.15) is 0 Å². The molecule has 0 radical (unpaired) electrons. The van der Waals surface area contributed by atoms with Crippen LogP contribution < -0.4 is 16.2 Å². The molecule has 1 atom stereocenters. The van der Waals surface area contributed by atoms with Crippen LogP contribution in [0.2, 0.25) is 5.02 Å². The standard InChI is InChI=1S/C26H32ClF3N6O3/c1-14(2)32-24-33-21-13-35(22(37)16-5-6-20(27)19(12-16)26(28,29)30)15(3)11-18(21)23(38)36(24)17-7-9-34(10-8-17)25(39)31-4/h5-6,12,14-15,17H,7-11,13H2,1-4H3,(H,31,39)(H,32,33)/t15-/m1/s1. The van der Waals surface area contributed by atoms with Crippen molar-refractivity contribution >= 4 is 29.5 Å². The lowest BCUT2D eigenvalue weighted by atomic mass is 9.97. The molecule has 2 N–H and O–H groups in total. The second-order valence-electron chi connectivity index (χ2n) is 10.3. The molecule has 1 aromatic carbocycles. The van der Waals surface area contributed by atoms with Crippen LogP contribution in [0.25, 0.3) is 0 Å². The van der Waals surface area contributed by atoms with Gasteiger partial charge in [0.15, 0.2) is 0 Å². The van der Waals surface area contributed by atoms with Crippen molar-refractivity contribution in [1.82, 2.24) is 24.7 Å². The van der Waals surface area contributed by atoms with Crippen LogP contribution in [-0.4, -0.2) is 63.5 Å². The fourth-order valence-electron chi connectivity index (χ4n) is 5.17. The summed E-state index contributed by atoms with van der Waals surface area (Å²) in [4.78, 5) is 47.1. The van der Waals surface area contributed by atoms with E-state index in [9.17, 15) is 27.6 Å². The van der Waals surface area contributed by atoms with Gasteiger partial charge < -0.3 is 20.4 Å². The first kappa shape index (κ1) is 28.7. The molecule has 2 aliphatic rings. The largest absolute Gasteiger partial charge is 0.417 e. The minimum atomic E-state index is -4.70. The van der Waals surface area contributed by atoms with Crippen molar-refractivity contribution in [2.75, 3.05) is 25.5 Å². The maximum atomic E-state index is 13.8. The molecule has 3 heterocycles. The number of hydrogen-bond acceptors (Lipinski definition) is 5. The summed E-state index contributed by atoms with van der Waals surface area (Å²) in [6.45, 7) is 6.57. The van der Waals surface area contributed by atoms with Crippen molar-refractivity contribution < 1.29 is 22.8 Å². The molecule has 4 rings (SSSR count). The number of anilines is 1. The molecular formula is C26H32ClF3N6O3. The van der Waals surface area contributed by atoms with Crippen LogP contribution in [0, 0.1) is 0 Å². The van der Waals surface area contributed by atoms with Gasteiger partial charge in [-0.1, -0.05) is 11.6 Å². The average molecular weight is 569 g/mol. The van der Waals surface area contributed by atoms with E-state index < -0.39 is 28.7 Å². The molecule has 1 aromatic heterocycles. The highest BCUT2D eigenvalue weighted by Gasteiger charge is 2.37. The highest BCUT2D eigenvalue weighted by Crippen LogP contribution is 2.36. The Morgan fingerprint density at radius 1 is 1.18 bits per heavy atom. The van der Waals surface area contributed by atoms with E-state index in [0.717, 1.165) is 12.1 Å². The lowest BCUT2D eigenvalue weighted by Gasteiger charge is -2.37. The predicted octanol–water partition coefficient (Wildman–Crippen LogP) is 4.30. The van der Waals surface area contributed by atoms with Gasteiger partial charge in [0, 0.05) is 49.4 Å². The van der Waals surface area contributed by atoms with Crippen LogP contribution in [0.15, 0.2) is 23.0 Å². The van der Waals surface area contributed by atoms with Gasteiger partial charge in [-0.3, -0.25) is 14.2 Å². The number of amides is 3. The van der Waals surface area contributed by atoms with Crippen molar-refractivity contribution in [2.24, 2.45) is 0 Å². The number of aromatic nitrogens is 2. The monoisotopic (exact) mass is 568 g/mol. The van der Waals surface area contributed by atoms with E-state index in [1.54, 1.807) is 23.4 Å². The molecule has 9 nitrogen and oxygen atoms in total. The summed E-state index contributed by atoms with van der Waals surface area (Å²) in [5.41, 5.74) is -0.516. The van der Waals surface area contributed by atoms with Gasteiger partial charge in [0.2, 0.25) is 5.95 Å². The van der Waals surface area contributed by atoms with Crippen LogP contribution in [0.1, 0.15) is 66.8 Å². The molecule has 2 aromatic rings. The van der Waals surface area contributed by atoms with Crippen molar-refractivity contribution in [2.45, 2.75) is 70.9 Å². The fraction of sp³-hybridized carbons (Fsp3) is 0.538. The highest BCUT2D eigenvalue weighted by molar-refractivity contribution is 6.31. The first-order valence-electron chi connectivity index (χ1n) is 12.9. The van der Waals surface area contributed by atoms with E-state index in [1.165, 1.54) is 11.0 Å². The Labute approximate surface area is 229 Å². The molecular weight excluding hydrogens is 537 g/mol. The predicted molar refractivity (Wildman–Crippen MR) is 141 cm³/mol. The maximum Gasteiger partial charge on any atom is 0.417 e. The normalized spacial score (nSPS) is 18.2. The first-order chi connectivity index (χ1) is 18.3. The molecule has 3 amide bonds. The van der Waals surface area contributed by atoms with E-state index in [4.69, 9.17) is 16.6 Å². The highest BCUT2D eigenvalue weighted by atomic mass is 35.5. The second-order valence-corrected chi connectivity index (χ2v) is 10.7. The number of benzene rings is 1. The topological polar surface area (TPSA) is 99.6 Å². The number of carbonyl (C=O) groups is 2. The Bertz CT molecular complexity index is 1320. The minimum absolute atomic E-state index is 0.0166. The third-order valence-electron chi connectivity index (χ3n) is 7.17. The van der Waals surface area contributed by atoms with Crippen LogP contribution in [0.4, 0.5) is 23.9 Å². The quantitative estimate of drug-likeness (QED) is 0.573. The van der Waals surface area contributed by atoms with Crippen LogP contribution in [-0.2, 0) is 19.1 Å². The van der Waals surface area contributed by atoms with E-state index in [2.05, 4.69) is 10.6 Å². The molecule has 0 bridgehead atoms. The third kappa shape index (κ3) is 5.85. The van der Waals surface area contributed by atoms with Crippen LogP contribution in [0.3, 0.4) is 0 Å². The van der Waals surface area contributed by atoms with Gasteiger partial charge in [-0.15, -0.1) is 0 Å². The number of piperidine rings is 1. The van der Waals surface area contributed by atoms with Crippen LogP contribution in [0.5, 0.6) is 0 Å². The Kier molecular flexibility index (Phi) is 8.15. The van der Waals surface area contributed by atoms with E-state index in [1.807, 2.05) is 13.8 Å². The number of nitrogens with zero attached hydrogens (tertiary/aromatic N) is 4. The van der Waals surface area contributed by atoms with Crippen LogP contribution >= 0.6 is 11.6 Å². The Balaban J connectivity index is 1.67. The first-order valence-corrected chi connectivity index (χ1v) is 13.2. The lowest BCUT2D eigenvalue weighted by molar-refractivity contribution is -0.137. The van der Waals surface area contributed by atoms with E-state index in [0.29, 0.717) is 43.1 Å². The number of alkyl halides is 3. The summed E-state index contributed by atoms with van der Waals surface area (Å²) in [6.07, 6.45) is -3.32. The molecule has 0 aliphatic carbocycles. The zero-order valence-electron chi connectivity index (χ0n) is 22.2. The zero-order chi connectivity index (χ0) is 28.6. The van der Waals surface area contributed by atoms with Crippen molar-refractivity contribution in [3.63, 3.8) is 0 Å². The number of nitrogens with one attached hydrogen (secondary N) is 2. The minimum Gasteiger partial charge on any atom is -0.353 e. The van der Waals surface area contributed by atoms with Crippen molar-refractivity contribution in [3.05, 3.63) is 56.0 Å². The number of rotatable bonds is 4. The number of fused-ring (bicyclic) bond motifs is 1. The summed E-state index contributed by atoms with van der Waals surface area (Å²) in [6, 6.07) is 2.28.